The van der Waals surface area contributed by atoms with Crippen molar-refractivity contribution in [3.63, 3.8) is 0 Å². The fourth-order valence-electron chi connectivity index (χ4n) is 3.21. The minimum absolute atomic E-state index is 0.189. The zero-order chi connectivity index (χ0) is 20.9. The summed E-state index contributed by atoms with van der Waals surface area (Å²) in [7, 11) is 0. The van der Waals surface area contributed by atoms with E-state index in [2.05, 4.69) is 14.7 Å². The minimum atomic E-state index is -4.74. The molecule has 4 rings (SSSR count). The number of fused-ring (bicyclic) bond motifs is 1. The molecule has 11 heteroatoms. The molecule has 1 aromatic carbocycles. The molecular weight excluding hydrogens is 417 g/mol. The van der Waals surface area contributed by atoms with Crippen LogP contribution in [-0.2, 0) is 12.6 Å². The lowest BCUT2D eigenvalue weighted by molar-refractivity contribution is -0.159. The first-order valence-corrected chi connectivity index (χ1v) is 9.26. The molecule has 3 heterocycles. The summed E-state index contributed by atoms with van der Waals surface area (Å²) >= 11 is 1.14. The Bertz CT molecular complexity index is 1090. The normalized spacial score (nSPS) is 16.8. The lowest BCUT2D eigenvalue weighted by atomic mass is 10.0. The van der Waals surface area contributed by atoms with Gasteiger partial charge in [0.15, 0.2) is 0 Å². The van der Waals surface area contributed by atoms with Gasteiger partial charge in [0.1, 0.15) is 11.6 Å². The van der Waals surface area contributed by atoms with Crippen LogP contribution >= 0.6 is 11.3 Å². The molecule has 1 aliphatic heterocycles. The molecule has 1 atom stereocenters. The topological polar surface area (TPSA) is 59.2 Å². The van der Waals surface area contributed by atoms with Crippen LogP contribution in [0.4, 0.5) is 22.0 Å². The Morgan fingerprint density at radius 3 is 2.69 bits per heavy atom. The van der Waals surface area contributed by atoms with Gasteiger partial charge in [-0.25, -0.2) is 8.78 Å². The number of halogens is 5. The standard InChI is InChI=1S/C18H12F5N3O2S/c1-8-14-9(6-13(29-14)15-24-17(28-25-15)18(21,22)23)4-5-26(8)16(27)11-3-2-10(19)7-12(11)20/h2-3,6-8H,4-5H2,1H3. The second kappa shape index (κ2) is 6.90. The van der Waals surface area contributed by atoms with Crippen LogP contribution in [0.15, 0.2) is 28.8 Å². The predicted octanol–water partition coefficient (Wildman–Crippen LogP) is 4.85. The number of thiophene rings is 1. The van der Waals surface area contributed by atoms with Crippen LogP contribution in [0.3, 0.4) is 0 Å². The highest BCUT2D eigenvalue weighted by Crippen LogP contribution is 2.40. The molecule has 0 fully saturated rings. The van der Waals surface area contributed by atoms with Gasteiger partial charge in [0.25, 0.3) is 5.91 Å². The van der Waals surface area contributed by atoms with Gasteiger partial charge < -0.3 is 9.42 Å². The molecule has 29 heavy (non-hydrogen) atoms. The number of nitrogens with zero attached hydrogens (tertiary/aromatic N) is 3. The number of rotatable bonds is 2. The van der Waals surface area contributed by atoms with E-state index in [-0.39, 0.29) is 17.9 Å². The quantitative estimate of drug-likeness (QED) is 0.547. The van der Waals surface area contributed by atoms with E-state index in [9.17, 15) is 26.7 Å². The van der Waals surface area contributed by atoms with Crippen molar-refractivity contribution in [1.29, 1.82) is 0 Å². The van der Waals surface area contributed by atoms with Crippen molar-refractivity contribution in [1.82, 2.24) is 15.0 Å². The SMILES string of the molecule is CC1c2sc(-c3noc(C(F)(F)F)n3)cc2CCN1C(=O)c1ccc(F)cc1F. The smallest absolute Gasteiger partial charge is 0.331 e. The number of carbonyl (C=O) groups excluding carboxylic acids is 1. The molecule has 1 aliphatic rings. The van der Waals surface area contributed by atoms with E-state index in [0.29, 0.717) is 17.4 Å². The molecule has 1 unspecified atom stereocenters. The Morgan fingerprint density at radius 1 is 1.28 bits per heavy atom. The van der Waals surface area contributed by atoms with Crippen molar-refractivity contribution in [2.24, 2.45) is 0 Å². The maximum absolute atomic E-state index is 14.0. The third-order valence-electron chi connectivity index (χ3n) is 4.62. The predicted molar refractivity (Wildman–Crippen MR) is 92.1 cm³/mol. The highest BCUT2D eigenvalue weighted by molar-refractivity contribution is 7.15. The second-order valence-corrected chi connectivity index (χ2v) is 7.55. The van der Waals surface area contributed by atoms with E-state index in [4.69, 9.17) is 0 Å². The molecule has 0 N–H and O–H groups in total. The van der Waals surface area contributed by atoms with Crippen molar-refractivity contribution in [3.8, 4) is 10.7 Å². The van der Waals surface area contributed by atoms with E-state index in [1.807, 2.05) is 0 Å². The highest BCUT2D eigenvalue weighted by Gasteiger charge is 2.39. The Morgan fingerprint density at radius 2 is 2.03 bits per heavy atom. The molecule has 152 valence electrons. The fourth-order valence-corrected chi connectivity index (χ4v) is 4.41. The van der Waals surface area contributed by atoms with Crippen LogP contribution < -0.4 is 0 Å². The van der Waals surface area contributed by atoms with Crippen LogP contribution in [0.1, 0.15) is 39.7 Å². The van der Waals surface area contributed by atoms with Gasteiger partial charge in [0.2, 0.25) is 5.82 Å². The lowest BCUT2D eigenvalue weighted by Gasteiger charge is -2.33. The Balaban J connectivity index is 1.62. The molecule has 5 nitrogen and oxygen atoms in total. The van der Waals surface area contributed by atoms with Crippen LogP contribution in [0.2, 0.25) is 0 Å². The average molecular weight is 429 g/mol. The van der Waals surface area contributed by atoms with Gasteiger partial charge >= 0.3 is 12.1 Å². The zero-order valence-corrected chi connectivity index (χ0v) is 15.6. The van der Waals surface area contributed by atoms with Gasteiger partial charge in [-0.15, -0.1) is 11.3 Å². The number of hydrogen-bond donors (Lipinski definition) is 0. The first-order chi connectivity index (χ1) is 13.6. The maximum Gasteiger partial charge on any atom is 0.471 e. The molecule has 0 spiro atoms. The molecule has 2 aromatic heterocycles. The first-order valence-electron chi connectivity index (χ1n) is 8.45. The monoisotopic (exact) mass is 429 g/mol. The summed E-state index contributed by atoms with van der Waals surface area (Å²) in [6.45, 7) is 2.01. The van der Waals surface area contributed by atoms with Crippen LogP contribution in [0, 0.1) is 11.6 Å². The second-order valence-electron chi connectivity index (χ2n) is 6.47. The first kappa shape index (κ1) is 19.5. The summed E-state index contributed by atoms with van der Waals surface area (Å²) < 4.78 is 69.4. The zero-order valence-electron chi connectivity index (χ0n) is 14.8. The molecule has 0 radical (unpaired) electrons. The summed E-state index contributed by atoms with van der Waals surface area (Å²) in [5, 5.41) is 3.38. The van der Waals surface area contributed by atoms with E-state index < -0.39 is 35.7 Å². The van der Waals surface area contributed by atoms with Crippen molar-refractivity contribution in [3.05, 3.63) is 57.8 Å². The third kappa shape index (κ3) is 3.50. The molecule has 0 bridgehead atoms. The lowest BCUT2D eigenvalue weighted by Crippen LogP contribution is -2.38. The summed E-state index contributed by atoms with van der Waals surface area (Å²) in [6, 6.07) is 3.96. The Hall–Kier alpha value is -2.82. The number of hydrogen-bond acceptors (Lipinski definition) is 5. The van der Waals surface area contributed by atoms with E-state index in [1.165, 1.54) is 4.90 Å². The average Bonchev–Trinajstić information content (AvgIpc) is 3.28. The molecule has 0 saturated carbocycles. The minimum Gasteiger partial charge on any atom is -0.331 e. The summed E-state index contributed by atoms with van der Waals surface area (Å²) in [6.07, 6.45) is -4.31. The summed E-state index contributed by atoms with van der Waals surface area (Å²) in [5.74, 6) is -3.95. The molecule has 1 amide bonds. The summed E-state index contributed by atoms with van der Waals surface area (Å²) in [5.41, 5.74) is 0.603. The molecular formula is C18H12F5N3O2S. The molecule has 0 aliphatic carbocycles. The van der Waals surface area contributed by atoms with Crippen molar-refractivity contribution < 1.29 is 31.3 Å². The van der Waals surface area contributed by atoms with Crippen molar-refractivity contribution >= 4 is 17.2 Å². The van der Waals surface area contributed by atoms with Gasteiger partial charge in [0.05, 0.1) is 16.5 Å². The van der Waals surface area contributed by atoms with Crippen molar-refractivity contribution in [2.75, 3.05) is 6.54 Å². The number of alkyl halides is 3. The number of amides is 1. The number of aromatic nitrogens is 2. The van der Waals surface area contributed by atoms with Gasteiger partial charge in [-0.05, 0) is 37.1 Å². The van der Waals surface area contributed by atoms with Crippen LogP contribution in [0.5, 0.6) is 0 Å². The van der Waals surface area contributed by atoms with Crippen molar-refractivity contribution in [2.45, 2.75) is 25.6 Å². The van der Waals surface area contributed by atoms with Gasteiger partial charge in [-0.3, -0.25) is 4.79 Å². The Kier molecular flexibility index (Phi) is 4.64. The summed E-state index contributed by atoms with van der Waals surface area (Å²) in [4.78, 5) is 18.7. The largest absolute Gasteiger partial charge is 0.471 e. The molecule has 0 saturated heterocycles. The Labute approximate surface area is 164 Å². The van der Waals surface area contributed by atoms with Gasteiger partial charge in [0, 0.05) is 17.5 Å². The fraction of sp³-hybridized carbons (Fsp3) is 0.278. The van der Waals surface area contributed by atoms with E-state index in [0.717, 1.165) is 33.9 Å². The number of benzene rings is 1. The number of carbonyl (C=O) groups is 1. The van der Waals surface area contributed by atoms with E-state index in [1.54, 1.807) is 13.0 Å². The van der Waals surface area contributed by atoms with Crippen LogP contribution in [-0.4, -0.2) is 27.5 Å². The molecule has 3 aromatic rings. The highest BCUT2D eigenvalue weighted by atomic mass is 32.1. The maximum atomic E-state index is 14.0. The van der Waals surface area contributed by atoms with Gasteiger partial charge in [-0.2, -0.15) is 18.2 Å². The van der Waals surface area contributed by atoms with E-state index >= 15 is 0 Å². The van der Waals surface area contributed by atoms with Crippen LogP contribution in [0.25, 0.3) is 10.7 Å². The third-order valence-corrected chi connectivity index (χ3v) is 5.97. The van der Waals surface area contributed by atoms with Gasteiger partial charge in [-0.1, -0.05) is 5.16 Å².